The maximum absolute atomic E-state index is 3.80. The van der Waals surface area contributed by atoms with Gasteiger partial charge in [0.15, 0.2) is 0 Å². The fourth-order valence-corrected chi connectivity index (χ4v) is 0.625. The molecule has 1 heteroatoms. The van der Waals surface area contributed by atoms with Crippen molar-refractivity contribution >= 4 is 0 Å². The molecule has 0 amide bonds. The summed E-state index contributed by atoms with van der Waals surface area (Å²) in [5, 5.41) is 3.14. The quantitative estimate of drug-likeness (QED) is 0.548. The molecule has 0 aromatic heterocycles. The van der Waals surface area contributed by atoms with Crippen LogP contribution in [-0.4, -0.2) is 13.1 Å². The predicted molar refractivity (Wildman–Crippen MR) is 38.0 cm³/mol. The third-order valence-electron chi connectivity index (χ3n) is 1.15. The lowest BCUT2D eigenvalue weighted by Crippen LogP contribution is -2.20. The highest BCUT2D eigenvalue weighted by Gasteiger charge is 1.94. The molecule has 0 aliphatic heterocycles. The van der Waals surface area contributed by atoms with Gasteiger partial charge in [-0.2, -0.15) is 0 Å². The molecule has 0 saturated heterocycles. The Morgan fingerprint density at radius 3 is 2.38 bits per heavy atom. The maximum Gasteiger partial charge on any atom is 0.00726 e. The van der Waals surface area contributed by atoms with E-state index >= 15 is 0 Å². The first-order valence-corrected chi connectivity index (χ1v) is 2.98. The lowest BCUT2D eigenvalue weighted by molar-refractivity contribution is 0.606. The molecular formula is C7H15N. The number of hydrogen-bond acceptors (Lipinski definition) is 1. The Bertz CT molecular complexity index is 76.5. The van der Waals surface area contributed by atoms with Gasteiger partial charge in [-0.3, -0.25) is 0 Å². The first kappa shape index (κ1) is 7.70. The zero-order valence-corrected chi connectivity index (χ0v) is 5.99. The Kier molecular flexibility index (Phi) is 3.53. The van der Waals surface area contributed by atoms with Crippen LogP contribution in [0.15, 0.2) is 12.2 Å². The van der Waals surface area contributed by atoms with E-state index in [1.165, 1.54) is 5.57 Å². The summed E-state index contributed by atoms with van der Waals surface area (Å²) in [5.41, 5.74) is 1.24. The SMILES string of the molecule is C=C(C)C[C@@H](C)NC. The zero-order chi connectivity index (χ0) is 6.57. The molecule has 8 heavy (non-hydrogen) atoms. The average Bonchev–Trinajstić information content (AvgIpc) is 1.65. The number of hydrogen-bond donors (Lipinski definition) is 1. The summed E-state index contributed by atoms with van der Waals surface area (Å²) in [6.45, 7) is 8.00. The normalized spacial score (nSPS) is 13.4. The van der Waals surface area contributed by atoms with E-state index in [9.17, 15) is 0 Å². The standard InChI is InChI=1S/C7H15N/c1-6(2)5-7(3)8-4/h7-8H,1,5H2,2-4H3/t7-/m1/s1. The lowest BCUT2D eigenvalue weighted by atomic mass is 10.1. The summed E-state index contributed by atoms with van der Waals surface area (Å²) in [5.74, 6) is 0. The Hall–Kier alpha value is -0.300. The molecule has 0 aliphatic rings. The molecule has 48 valence electrons. The zero-order valence-electron chi connectivity index (χ0n) is 5.99. The molecule has 1 nitrogen and oxygen atoms in total. The van der Waals surface area contributed by atoms with Crippen molar-refractivity contribution in [1.29, 1.82) is 0 Å². The largest absolute Gasteiger partial charge is 0.317 e. The van der Waals surface area contributed by atoms with E-state index in [0.29, 0.717) is 6.04 Å². The lowest BCUT2D eigenvalue weighted by Gasteiger charge is -2.07. The van der Waals surface area contributed by atoms with Gasteiger partial charge in [-0.05, 0) is 27.3 Å². The van der Waals surface area contributed by atoms with Crippen molar-refractivity contribution < 1.29 is 0 Å². The minimum atomic E-state index is 0.576. The molecule has 0 saturated carbocycles. The highest BCUT2D eigenvalue weighted by atomic mass is 14.8. The van der Waals surface area contributed by atoms with Gasteiger partial charge < -0.3 is 5.32 Å². The second kappa shape index (κ2) is 3.67. The van der Waals surface area contributed by atoms with Gasteiger partial charge in [0.2, 0.25) is 0 Å². The van der Waals surface area contributed by atoms with Crippen LogP contribution in [0, 0.1) is 0 Å². The van der Waals surface area contributed by atoms with Crippen molar-refractivity contribution in [3.63, 3.8) is 0 Å². The smallest absolute Gasteiger partial charge is 0.00726 e. The van der Waals surface area contributed by atoms with Gasteiger partial charge in [0.05, 0.1) is 0 Å². The highest BCUT2D eigenvalue weighted by molar-refractivity contribution is 4.90. The Labute approximate surface area is 51.8 Å². The van der Waals surface area contributed by atoms with Crippen LogP contribution in [0.5, 0.6) is 0 Å². The van der Waals surface area contributed by atoms with Gasteiger partial charge >= 0.3 is 0 Å². The first-order chi connectivity index (χ1) is 3.66. The van der Waals surface area contributed by atoms with Crippen molar-refractivity contribution in [3.8, 4) is 0 Å². The van der Waals surface area contributed by atoms with Gasteiger partial charge in [-0.1, -0.05) is 5.57 Å². The molecule has 0 aromatic rings. The molecule has 0 aliphatic carbocycles. The minimum absolute atomic E-state index is 0.576. The molecule has 0 spiro atoms. The van der Waals surface area contributed by atoms with E-state index in [2.05, 4.69) is 18.8 Å². The van der Waals surface area contributed by atoms with E-state index in [1.54, 1.807) is 0 Å². The topological polar surface area (TPSA) is 12.0 Å². The summed E-state index contributed by atoms with van der Waals surface area (Å²) in [7, 11) is 1.97. The molecule has 0 heterocycles. The van der Waals surface area contributed by atoms with Crippen LogP contribution in [0.2, 0.25) is 0 Å². The van der Waals surface area contributed by atoms with Crippen LogP contribution in [0.25, 0.3) is 0 Å². The molecule has 0 unspecified atom stereocenters. The van der Waals surface area contributed by atoms with Gasteiger partial charge in [0.25, 0.3) is 0 Å². The third-order valence-corrected chi connectivity index (χ3v) is 1.15. The van der Waals surface area contributed by atoms with Crippen molar-refractivity contribution in [2.45, 2.75) is 26.3 Å². The maximum atomic E-state index is 3.80. The molecular weight excluding hydrogens is 98.1 g/mol. The van der Waals surface area contributed by atoms with E-state index < -0.39 is 0 Å². The Morgan fingerprint density at radius 1 is 1.75 bits per heavy atom. The van der Waals surface area contributed by atoms with Crippen molar-refractivity contribution in [3.05, 3.63) is 12.2 Å². The van der Waals surface area contributed by atoms with Crippen LogP contribution >= 0.6 is 0 Å². The second-order valence-electron chi connectivity index (χ2n) is 2.35. The van der Waals surface area contributed by atoms with Crippen LogP contribution in [0.1, 0.15) is 20.3 Å². The molecule has 0 rings (SSSR count). The molecule has 1 N–H and O–H groups in total. The third kappa shape index (κ3) is 3.88. The molecule has 0 aromatic carbocycles. The van der Waals surface area contributed by atoms with Crippen LogP contribution in [-0.2, 0) is 0 Å². The summed E-state index contributed by atoms with van der Waals surface area (Å²) >= 11 is 0. The molecule has 1 atom stereocenters. The minimum Gasteiger partial charge on any atom is -0.317 e. The summed E-state index contributed by atoms with van der Waals surface area (Å²) < 4.78 is 0. The monoisotopic (exact) mass is 113 g/mol. The van der Waals surface area contributed by atoms with Crippen LogP contribution in [0.4, 0.5) is 0 Å². The van der Waals surface area contributed by atoms with Crippen LogP contribution < -0.4 is 5.32 Å². The first-order valence-electron chi connectivity index (χ1n) is 2.98. The van der Waals surface area contributed by atoms with E-state index in [4.69, 9.17) is 0 Å². The van der Waals surface area contributed by atoms with Gasteiger partial charge in [-0.15, -0.1) is 6.58 Å². The highest BCUT2D eigenvalue weighted by Crippen LogP contribution is 1.98. The van der Waals surface area contributed by atoms with Gasteiger partial charge in [0, 0.05) is 6.04 Å². The molecule has 0 radical (unpaired) electrons. The summed E-state index contributed by atoms with van der Waals surface area (Å²) in [4.78, 5) is 0. The Balaban J connectivity index is 3.24. The van der Waals surface area contributed by atoms with Crippen molar-refractivity contribution in [1.82, 2.24) is 5.32 Å². The van der Waals surface area contributed by atoms with Crippen molar-refractivity contribution in [2.75, 3.05) is 7.05 Å². The van der Waals surface area contributed by atoms with E-state index in [1.807, 2.05) is 14.0 Å². The second-order valence-corrected chi connectivity index (χ2v) is 2.35. The number of rotatable bonds is 3. The molecule has 0 fully saturated rings. The van der Waals surface area contributed by atoms with E-state index in [-0.39, 0.29) is 0 Å². The van der Waals surface area contributed by atoms with Crippen LogP contribution in [0.3, 0.4) is 0 Å². The summed E-state index contributed by atoms with van der Waals surface area (Å²) in [6.07, 6.45) is 1.08. The summed E-state index contributed by atoms with van der Waals surface area (Å²) in [6, 6.07) is 0.576. The van der Waals surface area contributed by atoms with Gasteiger partial charge in [-0.25, -0.2) is 0 Å². The number of nitrogens with one attached hydrogen (secondary N) is 1. The van der Waals surface area contributed by atoms with Gasteiger partial charge in [0.1, 0.15) is 0 Å². The fourth-order valence-electron chi connectivity index (χ4n) is 0.625. The average molecular weight is 113 g/mol. The van der Waals surface area contributed by atoms with E-state index in [0.717, 1.165) is 6.42 Å². The fraction of sp³-hybridized carbons (Fsp3) is 0.714. The predicted octanol–water partition coefficient (Wildman–Crippen LogP) is 1.56. The van der Waals surface area contributed by atoms with Crippen molar-refractivity contribution in [2.24, 2.45) is 0 Å². The Morgan fingerprint density at radius 2 is 2.25 bits per heavy atom. The molecule has 0 bridgehead atoms.